The van der Waals surface area contributed by atoms with Crippen LogP contribution in [0.4, 0.5) is 0 Å². The molecular weight excluding hydrogens is 342 g/mol. The number of aromatic nitrogens is 1. The first-order valence-electron chi connectivity index (χ1n) is 9.37. The number of aryl methyl sites for hydroxylation is 2. The number of hydrogen-bond donors (Lipinski definition) is 0. The molecule has 1 atom stereocenters. The number of piperazine rings is 1. The van der Waals surface area contributed by atoms with Gasteiger partial charge in [-0.3, -0.25) is 19.5 Å². The molecule has 1 amide bonds. The van der Waals surface area contributed by atoms with Crippen molar-refractivity contribution in [1.29, 1.82) is 0 Å². The topological polar surface area (TPSA) is 62.7 Å². The van der Waals surface area contributed by atoms with Gasteiger partial charge < -0.3 is 9.64 Å². The number of carbonyl (C=O) groups is 2. The van der Waals surface area contributed by atoms with Crippen LogP contribution in [0.15, 0.2) is 24.3 Å². The second-order valence-electron chi connectivity index (χ2n) is 7.27. The number of pyridine rings is 1. The molecule has 0 unspecified atom stereocenters. The number of amides is 1. The summed E-state index contributed by atoms with van der Waals surface area (Å²) in [7, 11) is 1.41. The first-order chi connectivity index (χ1) is 12.9. The average Bonchev–Trinajstić information content (AvgIpc) is 2.66. The zero-order chi connectivity index (χ0) is 19.6. The number of fused-ring (bicyclic) bond motifs is 1. The number of benzene rings is 1. The molecule has 1 fully saturated rings. The minimum absolute atomic E-state index is 0.0303. The third-order valence-corrected chi connectivity index (χ3v) is 5.31. The maximum absolute atomic E-state index is 13.0. The lowest BCUT2D eigenvalue weighted by atomic mass is 10.1. The van der Waals surface area contributed by atoms with E-state index in [-0.39, 0.29) is 17.9 Å². The molecule has 0 N–H and O–H groups in total. The van der Waals surface area contributed by atoms with Crippen LogP contribution in [-0.4, -0.2) is 66.0 Å². The minimum atomic E-state index is -0.200. The van der Waals surface area contributed by atoms with E-state index in [4.69, 9.17) is 4.74 Å². The van der Waals surface area contributed by atoms with Crippen molar-refractivity contribution < 1.29 is 14.3 Å². The van der Waals surface area contributed by atoms with Gasteiger partial charge in [0, 0.05) is 37.6 Å². The fourth-order valence-corrected chi connectivity index (χ4v) is 3.58. The molecule has 1 aromatic carbocycles. The first kappa shape index (κ1) is 19.3. The Morgan fingerprint density at radius 3 is 2.52 bits per heavy atom. The van der Waals surface area contributed by atoms with Gasteiger partial charge in [-0.2, -0.15) is 0 Å². The maximum Gasteiger partial charge on any atom is 0.307 e. The SMILES string of the molecule is COC(=O)C[C@@H](C)N1CCN(C(=O)c2cc3ccc(C)cc3nc2C)CC1. The molecule has 0 spiro atoms. The lowest BCUT2D eigenvalue weighted by Crippen LogP contribution is -2.51. The smallest absolute Gasteiger partial charge is 0.307 e. The highest BCUT2D eigenvalue weighted by Crippen LogP contribution is 2.20. The largest absolute Gasteiger partial charge is 0.469 e. The van der Waals surface area contributed by atoms with Crippen LogP contribution in [0.2, 0.25) is 0 Å². The van der Waals surface area contributed by atoms with Crippen molar-refractivity contribution in [2.75, 3.05) is 33.3 Å². The second-order valence-corrected chi connectivity index (χ2v) is 7.27. The zero-order valence-electron chi connectivity index (χ0n) is 16.5. The van der Waals surface area contributed by atoms with Crippen LogP contribution in [-0.2, 0) is 9.53 Å². The molecule has 2 heterocycles. The summed E-state index contributed by atoms with van der Waals surface area (Å²) in [6, 6.07) is 8.15. The Labute approximate surface area is 160 Å². The first-order valence-corrected chi connectivity index (χ1v) is 9.37. The van der Waals surface area contributed by atoms with Gasteiger partial charge in [0.25, 0.3) is 5.91 Å². The van der Waals surface area contributed by atoms with Crippen molar-refractivity contribution in [2.45, 2.75) is 33.2 Å². The predicted molar refractivity (Wildman–Crippen MR) is 105 cm³/mol. The van der Waals surface area contributed by atoms with Crippen LogP contribution < -0.4 is 0 Å². The lowest BCUT2D eigenvalue weighted by molar-refractivity contribution is -0.142. The highest BCUT2D eigenvalue weighted by atomic mass is 16.5. The number of hydrogen-bond acceptors (Lipinski definition) is 5. The molecule has 0 saturated carbocycles. The van der Waals surface area contributed by atoms with E-state index in [1.54, 1.807) is 0 Å². The van der Waals surface area contributed by atoms with Crippen LogP contribution in [0.5, 0.6) is 0 Å². The molecule has 6 heteroatoms. The number of esters is 1. The van der Waals surface area contributed by atoms with Gasteiger partial charge >= 0.3 is 5.97 Å². The van der Waals surface area contributed by atoms with Gasteiger partial charge in [-0.1, -0.05) is 12.1 Å². The van der Waals surface area contributed by atoms with E-state index >= 15 is 0 Å². The monoisotopic (exact) mass is 369 g/mol. The fourth-order valence-electron chi connectivity index (χ4n) is 3.58. The maximum atomic E-state index is 13.0. The van der Waals surface area contributed by atoms with E-state index in [1.807, 2.05) is 49.9 Å². The van der Waals surface area contributed by atoms with Gasteiger partial charge in [-0.25, -0.2) is 0 Å². The quantitative estimate of drug-likeness (QED) is 0.775. The van der Waals surface area contributed by atoms with Gasteiger partial charge in [0.05, 0.1) is 30.3 Å². The molecule has 144 valence electrons. The minimum Gasteiger partial charge on any atom is -0.469 e. The molecule has 1 aliphatic heterocycles. The number of methoxy groups -OCH3 is 1. The molecule has 27 heavy (non-hydrogen) atoms. The number of carbonyl (C=O) groups excluding carboxylic acids is 2. The van der Waals surface area contributed by atoms with E-state index in [9.17, 15) is 9.59 Å². The van der Waals surface area contributed by atoms with E-state index in [1.165, 1.54) is 7.11 Å². The highest BCUT2D eigenvalue weighted by molar-refractivity contribution is 5.98. The molecule has 0 radical (unpaired) electrons. The van der Waals surface area contributed by atoms with Crippen molar-refractivity contribution in [1.82, 2.24) is 14.8 Å². The molecule has 2 aromatic rings. The fraction of sp³-hybridized carbons (Fsp3) is 0.476. The van der Waals surface area contributed by atoms with Crippen LogP contribution in [0.3, 0.4) is 0 Å². The molecule has 0 bridgehead atoms. The average molecular weight is 369 g/mol. The Morgan fingerprint density at radius 2 is 1.85 bits per heavy atom. The number of ether oxygens (including phenoxy) is 1. The molecular formula is C21H27N3O3. The van der Waals surface area contributed by atoms with Crippen molar-refractivity contribution in [3.8, 4) is 0 Å². The van der Waals surface area contributed by atoms with Crippen molar-refractivity contribution in [3.05, 3.63) is 41.1 Å². The molecule has 6 nitrogen and oxygen atoms in total. The van der Waals surface area contributed by atoms with E-state index < -0.39 is 0 Å². The van der Waals surface area contributed by atoms with Crippen LogP contribution >= 0.6 is 0 Å². The molecule has 1 aliphatic rings. The summed E-state index contributed by atoms with van der Waals surface area (Å²) >= 11 is 0. The Morgan fingerprint density at radius 1 is 1.15 bits per heavy atom. The van der Waals surface area contributed by atoms with Crippen molar-refractivity contribution in [2.24, 2.45) is 0 Å². The Balaban J connectivity index is 1.69. The highest BCUT2D eigenvalue weighted by Gasteiger charge is 2.27. The molecule has 3 rings (SSSR count). The lowest BCUT2D eigenvalue weighted by Gasteiger charge is -2.37. The van der Waals surface area contributed by atoms with Gasteiger partial charge in [0.15, 0.2) is 0 Å². The summed E-state index contributed by atoms with van der Waals surface area (Å²) in [5.41, 5.74) is 3.51. The van der Waals surface area contributed by atoms with E-state index in [0.29, 0.717) is 25.1 Å². The molecule has 1 saturated heterocycles. The van der Waals surface area contributed by atoms with Crippen molar-refractivity contribution >= 4 is 22.8 Å². The van der Waals surface area contributed by atoms with Gasteiger partial charge in [0.2, 0.25) is 0 Å². The van der Waals surface area contributed by atoms with Crippen LogP contribution in [0.25, 0.3) is 10.9 Å². The standard InChI is InChI=1S/C21H27N3O3/c1-14-5-6-17-13-18(16(3)22-19(17)11-14)21(26)24-9-7-23(8-10-24)15(2)12-20(25)27-4/h5-6,11,13,15H,7-10,12H2,1-4H3/t15-/m1/s1. The molecule has 0 aliphatic carbocycles. The normalized spacial score (nSPS) is 16.4. The summed E-state index contributed by atoms with van der Waals surface area (Å²) in [4.78, 5) is 33.2. The van der Waals surface area contributed by atoms with Gasteiger partial charge in [-0.15, -0.1) is 0 Å². The Bertz CT molecular complexity index is 857. The van der Waals surface area contributed by atoms with Crippen LogP contribution in [0, 0.1) is 13.8 Å². The number of rotatable bonds is 4. The van der Waals surface area contributed by atoms with E-state index in [0.717, 1.165) is 35.2 Å². The molecule has 1 aromatic heterocycles. The Kier molecular flexibility index (Phi) is 5.75. The van der Waals surface area contributed by atoms with Crippen LogP contribution in [0.1, 0.15) is 35.0 Å². The van der Waals surface area contributed by atoms with Gasteiger partial charge in [-0.05, 0) is 38.5 Å². The summed E-state index contributed by atoms with van der Waals surface area (Å²) in [6.07, 6.45) is 0.373. The second kappa shape index (κ2) is 8.05. The number of nitrogens with zero attached hydrogens (tertiary/aromatic N) is 3. The Hall–Kier alpha value is -2.47. The van der Waals surface area contributed by atoms with Gasteiger partial charge in [0.1, 0.15) is 0 Å². The van der Waals surface area contributed by atoms with E-state index in [2.05, 4.69) is 9.88 Å². The summed E-state index contributed by atoms with van der Waals surface area (Å²) in [6.45, 7) is 8.76. The predicted octanol–water partition coefficient (Wildman–Crippen LogP) is 2.56. The summed E-state index contributed by atoms with van der Waals surface area (Å²) < 4.78 is 4.75. The zero-order valence-corrected chi connectivity index (χ0v) is 16.5. The summed E-state index contributed by atoms with van der Waals surface area (Å²) in [5.74, 6) is -0.170. The third kappa shape index (κ3) is 4.27. The summed E-state index contributed by atoms with van der Waals surface area (Å²) in [5, 5.41) is 0.986. The third-order valence-electron chi connectivity index (χ3n) is 5.31. The van der Waals surface area contributed by atoms with Crippen molar-refractivity contribution in [3.63, 3.8) is 0 Å².